The van der Waals surface area contributed by atoms with E-state index < -0.39 is 5.91 Å². The van der Waals surface area contributed by atoms with E-state index in [0.717, 1.165) is 56.1 Å². The first-order chi connectivity index (χ1) is 15.6. The second kappa shape index (κ2) is 12.5. The fraction of sp³-hybridized carbons (Fsp3) is 0.346. The summed E-state index contributed by atoms with van der Waals surface area (Å²) in [6.45, 7) is 10.7. The molecule has 1 heterocycles. The van der Waals surface area contributed by atoms with Gasteiger partial charge in [0.15, 0.2) is 0 Å². The summed E-state index contributed by atoms with van der Waals surface area (Å²) in [5.41, 5.74) is 5.42. The number of hydrogen-bond acceptors (Lipinski definition) is 5. The molecular weight excluding hydrogens is 418 g/mol. The summed E-state index contributed by atoms with van der Waals surface area (Å²) in [7, 11) is 0. The molecule has 3 rings (SSSR count). The smallest absolute Gasteiger partial charge is 0.284 e. The van der Waals surface area contributed by atoms with Crippen molar-refractivity contribution in [2.24, 2.45) is 0 Å². The number of rotatable bonds is 12. The number of nitrogens with one attached hydrogen (secondary N) is 1. The van der Waals surface area contributed by atoms with Gasteiger partial charge >= 0.3 is 0 Å². The first-order valence-electron chi connectivity index (χ1n) is 11.2. The van der Waals surface area contributed by atoms with Gasteiger partial charge in [-0.3, -0.25) is 14.9 Å². The largest absolute Gasteiger partial charge is 0.303 e. The van der Waals surface area contributed by atoms with Crippen LogP contribution in [0.5, 0.6) is 0 Å². The highest BCUT2D eigenvalue weighted by Crippen LogP contribution is 2.28. The summed E-state index contributed by atoms with van der Waals surface area (Å²) in [5, 5.41) is 8.81. The summed E-state index contributed by atoms with van der Waals surface area (Å²) < 4.78 is 0. The van der Waals surface area contributed by atoms with E-state index in [0.29, 0.717) is 4.88 Å². The van der Waals surface area contributed by atoms with Crippen LogP contribution in [-0.2, 0) is 13.0 Å². The van der Waals surface area contributed by atoms with Crippen LogP contribution in [0.15, 0.2) is 66.7 Å². The van der Waals surface area contributed by atoms with Crippen LogP contribution in [0.25, 0.3) is 10.4 Å². The lowest BCUT2D eigenvalue weighted by Gasteiger charge is -2.26. The lowest BCUT2D eigenvalue weighted by molar-refractivity contribution is 0.0711. The van der Waals surface area contributed by atoms with Gasteiger partial charge in [0.1, 0.15) is 0 Å². The van der Waals surface area contributed by atoms with Crippen LogP contribution >= 0.6 is 11.3 Å². The Morgan fingerprint density at radius 1 is 0.844 bits per heavy atom. The minimum absolute atomic E-state index is 0.472. The van der Waals surface area contributed by atoms with Gasteiger partial charge < -0.3 is 4.90 Å². The maximum atomic E-state index is 11.6. The average molecular weight is 452 g/mol. The van der Waals surface area contributed by atoms with Crippen LogP contribution in [-0.4, -0.2) is 53.6 Å². The molecule has 0 aliphatic carbocycles. The average Bonchev–Trinajstić information content (AvgIpc) is 3.34. The topological polar surface area (TPSA) is 55.8 Å². The molecule has 32 heavy (non-hydrogen) atoms. The standard InChI is InChI=1S/C26H33N3O2S/c1-3-28(4-2)18-19-29(17-16-21-8-6-5-7-9-21)20-22-10-12-23(13-11-22)24-14-15-25(32-24)26(30)27-31/h5-15,31H,3-4,16-20H2,1-2H3,(H,27,30). The molecule has 6 heteroatoms. The lowest BCUT2D eigenvalue weighted by Crippen LogP contribution is -2.35. The highest BCUT2D eigenvalue weighted by atomic mass is 32.1. The normalized spacial score (nSPS) is 11.3. The first kappa shape index (κ1) is 24.1. The predicted octanol–water partition coefficient (Wildman–Crippen LogP) is 4.92. The van der Waals surface area contributed by atoms with Crippen molar-refractivity contribution < 1.29 is 10.0 Å². The van der Waals surface area contributed by atoms with Crippen molar-refractivity contribution in [3.8, 4) is 10.4 Å². The molecular formula is C26H33N3O2S. The fourth-order valence-electron chi connectivity index (χ4n) is 3.73. The quantitative estimate of drug-likeness (QED) is 0.303. The number of carbonyl (C=O) groups excluding carboxylic acids is 1. The Morgan fingerprint density at radius 3 is 2.19 bits per heavy atom. The summed E-state index contributed by atoms with van der Waals surface area (Å²) in [6.07, 6.45) is 1.04. The lowest BCUT2D eigenvalue weighted by atomic mass is 10.1. The van der Waals surface area contributed by atoms with Gasteiger partial charge in [-0.15, -0.1) is 11.3 Å². The zero-order valence-electron chi connectivity index (χ0n) is 19.0. The molecule has 5 nitrogen and oxygen atoms in total. The summed E-state index contributed by atoms with van der Waals surface area (Å²) in [5.74, 6) is -0.472. The third kappa shape index (κ3) is 7.00. The number of carbonyl (C=O) groups is 1. The number of hydrogen-bond donors (Lipinski definition) is 2. The van der Waals surface area contributed by atoms with Crippen molar-refractivity contribution >= 4 is 17.2 Å². The van der Waals surface area contributed by atoms with E-state index in [-0.39, 0.29) is 0 Å². The summed E-state index contributed by atoms with van der Waals surface area (Å²) in [4.78, 5) is 18.1. The van der Waals surface area contributed by atoms with Gasteiger partial charge in [0.05, 0.1) is 4.88 Å². The number of benzene rings is 2. The summed E-state index contributed by atoms with van der Waals surface area (Å²) in [6, 6.07) is 22.9. The van der Waals surface area contributed by atoms with Crippen LogP contribution in [0.4, 0.5) is 0 Å². The van der Waals surface area contributed by atoms with Crippen molar-refractivity contribution in [2.75, 3.05) is 32.7 Å². The van der Waals surface area contributed by atoms with E-state index in [1.807, 2.05) is 6.07 Å². The Labute approximate surface area is 195 Å². The van der Waals surface area contributed by atoms with Gasteiger partial charge in [0.25, 0.3) is 5.91 Å². The number of hydroxylamine groups is 1. The zero-order chi connectivity index (χ0) is 22.8. The van der Waals surface area contributed by atoms with Crippen molar-refractivity contribution in [3.05, 3.63) is 82.7 Å². The van der Waals surface area contributed by atoms with Crippen molar-refractivity contribution in [3.63, 3.8) is 0 Å². The van der Waals surface area contributed by atoms with Gasteiger partial charge in [0.2, 0.25) is 0 Å². The highest BCUT2D eigenvalue weighted by molar-refractivity contribution is 7.17. The van der Waals surface area contributed by atoms with Crippen molar-refractivity contribution in [1.82, 2.24) is 15.3 Å². The second-order valence-electron chi connectivity index (χ2n) is 7.84. The van der Waals surface area contributed by atoms with E-state index in [1.54, 1.807) is 11.5 Å². The first-order valence-corrected chi connectivity index (χ1v) is 12.1. The Hall–Kier alpha value is -2.51. The number of thiophene rings is 1. The third-order valence-corrected chi connectivity index (χ3v) is 6.90. The van der Waals surface area contributed by atoms with E-state index in [9.17, 15) is 4.79 Å². The maximum Gasteiger partial charge on any atom is 0.284 e. The highest BCUT2D eigenvalue weighted by Gasteiger charge is 2.11. The molecule has 0 aliphatic heterocycles. The Morgan fingerprint density at radius 2 is 1.53 bits per heavy atom. The molecule has 0 spiro atoms. The van der Waals surface area contributed by atoms with Crippen LogP contribution in [0.1, 0.15) is 34.6 Å². The Balaban J connectivity index is 1.65. The van der Waals surface area contributed by atoms with Gasteiger partial charge in [-0.05, 0) is 48.3 Å². The molecule has 3 aromatic rings. The minimum Gasteiger partial charge on any atom is -0.303 e. The summed E-state index contributed by atoms with van der Waals surface area (Å²) >= 11 is 1.37. The number of likely N-dealkylation sites (N-methyl/N-ethyl adjacent to an activating group) is 1. The van der Waals surface area contributed by atoms with E-state index >= 15 is 0 Å². The maximum absolute atomic E-state index is 11.6. The molecule has 0 saturated carbocycles. The Bertz CT molecular complexity index is 953. The molecule has 0 fully saturated rings. The van der Waals surface area contributed by atoms with Crippen molar-refractivity contribution in [2.45, 2.75) is 26.8 Å². The number of nitrogens with zero attached hydrogens (tertiary/aromatic N) is 2. The van der Waals surface area contributed by atoms with E-state index in [2.05, 4.69) is 78.2 Å². The van der Waals surface area contributed by atoms with Crippen LogP contribution in [0, 0.1) is 0 Å². The molecule has 0 atom stereocenters. The molecule has 2 N–H and O–H groups in total. The predicted molar refractivity (Wildman–Crippen MR) is 132 cm³/mol. The second-order valence-corrected chi connectivity index (χ2v) is 8.92. The zero-order valence-corrected chi connectivity index (χ0v) is 19.8. The molecule has 0 aliphatic rings. The molecule has 1 amide bonds. The van der Waals surface area contributed by atoms with Crippen LogP contribution < -0.4 is 5.48 Å². The van der Waals surface area contributed by atoms with E-state index in [1.165, 1.54) is 22.5 Å². The molecule has 0 radical (unpaired) electrons. The molecule has 2 aromatic carbocycles. The fourth-order valence-corrected chi connectivity index (χ4v) is 4.63. The van der Waals surface area contributed by atoms with Crippen LogP contribution in [0.2, 0.25) is 0 Å². The molecule has 0 saturated heterocycles. The van der Waals surface area contributed by atoms with Gasteiger partial charge in [-0.1, -0.05) is 68.4 Å². The monoisotopic (exact) mass is 451 g/mol. The van der Waals surface area contributed by atoms with E-state index in [4.69, 9.17) is 5.21 Å². The molecule has 1 aromatic heterocycles. The third-order valence-electron chi connectivity index (χ3n) is 5.76. The molecule has 170 valence electrons. The molecule has 0 unspecified atom stereocenters. The van der Waals surface area contributed by atoms with Crippen molar-refractivity contribution in [1.29, 1.82) is 0 Å². The SMILES string of the molecule is CCN(CC)CCN(CCc1ccccc1)Cc1ccc(-c2ccc(C(=O)NO)s2)cc1. The van der Waals surface area contributed by atoms with Gasteiger partial charge in [0, 0.05) is 31.1 Å². The minimum atomic E-state index is -0.472. The molecule has 0 bridgehead atoms. The van der Waals surface area contributed by atoms with Gasteiger partial charge in [-0.25, -0.2) is 5.48 Å². The van der Waals surface area contributed by atoms with Crippen LogP contribution in [0.3, 0.4) is 0 Å². The Kier molecular flexibility index (Phi) is 9.43. The number of amides is 1. The van der Waals surface area contributed by atoms with Gasteiger partial charge in [-0.2, -0.15) is 0 Å².